The zero-order valence-corrected chi connectivity index (χ0v) is 13.2. The van der Waals surface area contributed by atoms with E-state index in [9.17, 15) is 4.79 Å². The quantitative estimate of drug-likeness (QED) is 0.877. The molecule has 0 radical (unpaired) electrons. The maximum atomic E-state index is 12.1. The van der Waals surface area contributed by atoms with Gasteiger partial charge in [0.2, 0.25) is 0 Å². The first-order chi connectivity index (χ1) is 10.1. The molecular weight excluding hydrogens is 266 g/mol. The highest BCUT2D eigenvalue weighted by Gasteiger charge is 2.18. The number of carbonyl (C=O) groups is 1. The molecule has 0 aromatic carbocycles. The summed E-state index contributed by atoms with van der Waals surface area (Å²) in [5.41, 5.74) is 0.442. The fourth-order valence-corrected chi connectivity index (χ4v) is 2.37. The van der Waals surface area contributed by atoms with Crippen LogP contribution in [0.2, 0.25) is 0 Å². The summed E-state index contributed by atoms with van der Waals surface area (Å²) in [5.74, 6) is 1.50. The van der Waals surface area contributed by atoms with E-state index in [4.69, 9.17) is 0 Å². The first-order valence-electron chi connectivity index (χ1n) is 7.56. The molecule has 116 valence electrons. The van der Waals surface area contributed by atoms with Gasteiger partial charge in [-0.15, -0.1) is 0 Å². The van der Waals surface area contributed by atoms with Crippen LogP contribution < -0.4 is 10.2 Å². The third-order valence-electron chi connectivity index (χ3n) is 3.84. The Bertz CT molecular complexity index is 469. The summed E-state index contributed by atoms with van der Waals surface area (Å²) in [6.07, 6.45) is 3.83. The van der Waals surface area contributed by atoms with Gasteiger partial charge in [-0.3, -0.25) is 4.79 Å². The number of piperidine rings is 1. The molecule has 1 saturated heterocycles. The average Bonchev–Trinajstić information content (AvgIpc) is 2.47. The predicted molar refractivity (Wildman–Crippen MR) is 83.5 cm³/mol. The number of nitrogens with zero attached hydrogens (tertiary/aromatic N) is 4. The van der Waals surface area contributed by atoms with E-state index in [1.165, 1.54) is 19.2 Å². The van der Waals surface area contributed by atoms with E-state index >= 15 is 0 Å². The van der Waals surface area contributed by atoms with Crippen LogP contribution in [-0.2, 0) is 0 Å². The summed E-state index contributed by atoms with van der Waals surface area (Å²) < 4.78 is 0. The molecule has 1 aromatic rings. The number of amides is 1. The Kier molecular flexibility index (Phi) is 5.50. The first-order valence-corrected chi connectivity index (χ1v) is 7.56. The van der Waals surface area contributed by atoms with Gasteiger partial charge in [-0.2, -0.15) is 0 Å². The van der Waals surface area contributed by atoms with Crippen molar-refractivity contribution < 1.29 is 4.79 Å². The van der Waals surface area contributed by atoms with E-state index in [1.807, 2.05) is 19.0 Å². The maximum Gasteiger partial charge on any atom is 0.270 e. The van der Waals surface area contributed by atoms with Crippen LogP contribution in [0, 0.1) is 5.92 Å². The van der Waals surface area contributed by atoms with E-state index in [1.54, 1.807) is 6.07 Å². The van der Waals surface area contributed by atoms with Gasteiger partial charge in [0.05, 0.1) is 0 Å². The number of anilines is 1. The lowest BCUT2D eigenvalue weighted by Crippen LogP contribution is -2.34. The third-order valence-corrected chi connectivity index (χ3v) is 3.84. The number of carbonyl (C=O) groups excluding carboxylic acids is 1. The fourth-order valence-electron chi connectivity index (χ4n) is 2.37. The van der Waals surface area contributed by atoms with E-state index < -0.39 is 0 Å². The fraction of sp³-hybridized carbons (Fsp3) is 0.667. The molecule has 0 spiro atoms. The van der Waals surface area contributed by atoms with Crippen LogP contribution in [0.3, 0.4) is 0 Å². The second-order valence-electron chi connectivity index (χ2n) is 5.99. The Balaban J connectivity index is 1.95. The molecule has 1 amide bonds. The van der Waals surface area contributed by atoms with Crippen LogP contribution >= 0.6 is 0 Å². The third kappa shape index (κ3) is 4.67. The normalized spacial score (nSPS) is 16.3. The zero-order chi connectivity index (χ0) is 15.2. The molecule has 1 N–H and O–H groups in total. The van der Waals surface area contributed by atoms with Crippen LogP contribution in [0.15, 0.2) is 12.4 Å². The molecule has 2 heterocycles. The molecule has 1 fully saturated rings. The number of hydrogen-bond acceptors (Lipinski definition) is 5. The standard InChI is InChI=1S/C15H25N5O/c1-12-4-7-20(8-5-12)14-10-13(17-11-18-14)15(21)16-6-9-19(2)3/h10-12H,4-9H2,1-3H3,(H,16,21). The van der Waals surface area contributed by atoms with Gasteiger partial charge in [0.25, 0.3) is 5.91 Å². The van der Waals surface area contributed by atoms with Crippen molar-refractivity contribution in [3.05, 3.63) is 18.1 Å². The lowest BCUT2D eigenvalue weighted by atomic mass is 9.99. The van der Waals surface area contributed by atoms with Crippen molar-refractivity contribution in [1.29, 1.82) is 0 Å². The molecule has 21 heavy (non-hydrogen) atoms. The molecule has 1 aliphatic heterocycles. The number of likely N-dealkylation sites (N-methyl/N-ethyl adjacent to an activating group) is 1. The molecule has 2 rings (SSSR count). The maximum absolute atomic E-state index is 12.1. The van der Waals surface area contributed by atoms with E-state index in [0.29, 0.717) is 12.2 Å². The van der Waals surface area contributed by atoms with Crippen LogP contribution in [-0.4, -0.2) is 61.0 Å². The summed E-state index contributed by atoms with van der Waals surface area (Å²) in [5, 5.41) is 2.88. The number of aromatic nitrogens is 2. The molecule has 6 heteroatoms. The van der Waals surface area contributed by atoms with Gasteiger partial charge < -0.3 is 15.1 Å². The SMILES string of the molecule is CC1CCN(c2cc(C(=O)NCCN(C)C)ncn2)CC1. The van der Waals surface area contributed by atoms with Gasteiger partial charge in [0.1, 0.15) is 17.8 Å². The number of hydrogen-bond donors (Lipinski definition) is 1. The second kappa shape index (κ2) is 7.36. The van der Waals surface area contributed by atoms with Gasteiger partial charge in [-0.05, 0) is 32.9 Å². The summed E-state index contributed by atoms with van der Waals surface area (Å²) in [6, 6.07) is 1.79. The summed E-state index contributed by atoms with van der Waals surface area (Å²) >= 11 is 0. The summed E-state index contributed by atoms with van der Waals surface area (Å²) in [6.45, 7) is 5.71. The average molecular weight is 291 g/mol. The second-order valence-corrected chi connectivity index (χ2v) is 5.99. The minimum atomic E-state index is -0.133. The molecule has 0 saturated carbocycles. The smallest absolute Gasteiger partial charge is 0.270 e. The molecule has 1 aromatic heterocycles. The molecular formula is C15H25N5O. The Morgan fingerprint density at radius 2 is 2.10 bits per heavy atom. The van der Waals surface area contributed by atoms with Gasteiger partial charge in [0, 0.05) is 32.2 Å². The molecule has 0 atom stereocenters. The topological polar surface area (TPSA) is 61.4 Å². The zero-order valence-electron chi connectivity index (χ0n) is 13.2. The van der Waals surface area contributed by atoms with E-state index in [0.717, 1.165) is 31.4 Å². The van der Waals surface area contributed by atoms with Gasteiger partial charge in [0.15, 0.2) is 0 Å². The van der Waals surface area contributed by atoms with Crippen molar-refractivity contribution >= 4 is 11.7 Å². The Morgan fingerprint density at radius 3 is 2.76 bits per heavy atom. The minimum Gasteiger partial charge on any atom is -0.356 e. The Labute approximate surface area is 126 Å². The molecule has 0 aliphatic carbocycles. The minimum absolute atomic E-state index is 0.133. The number of rotatable bonds is 5. The highest BCUT2D eigenvalue weighted by atomic mass is 16.1. The largest absolute Gasteiger partial charge is 0.356 e. The molecule has 0 unspecified atom stereocenters. The van der Waals surface area contributed by atoms with Crippen LogP contribution in [0.5, 0.6) is 0 Å². The predicted octanol–water partition coefficient (Wildman–Crippen LogP) is 1.00. The van der Waals surface area contributed by atoms with Gasteiger partial charge >= 0.3 is 0 Å². The molecule has 1 aliphatic rings. The van der Waals surface area contributed by atoms with Crippen molar-refractivity contribution in [2.45, 2.75) is 19.8 Å². The summed E-state index contributed by atoms with van der Waals surface area (Å²) in [4.78, 5) is 24.7. The molecule has 6 nitrogen and oxygen atoms in total. The van der Waals surface area contributed by atoms with Crippen molar-refractivity contribution in [3.8, 4) is 0 Å². The van der Waals surface area contributed by atoms with Crippen molar-refractivity contribution in [2.24, 2.45) is 5.92 Å². The van der Waals surface area contributed by atoms with Crippen molar-refractivity contribution in [1.82, 2.24) is 20.2 Å². The Morgan fingerprint density at radius 1 is 1.38 bits per heavy atom. The van der Waals surface area contributed by atoms with Gasteiger partial charge in [-0.25, -0.2) is 9.97 Å². The van der Waals surface area contributed by atoms with Crippen LogP contribution in [0.4, 0.5) is 5.82 Å². The number of nitrogens with one attached hydrogen (secondary N) is 1. The van der Waals surface area contributed by atoms with Crippen molar-refractivity contribution in [2.75, 3.05) is 45.2 Å². The summed E-state index contributed by atoms with van der Waals surface area (Å²) in [7, 11) is 3.96. The first kappa shape index (κ1) is 15.7. The van der Waals surface area contributed by atoms with E-state index in [2.05, 4.69) is 27.1 Å². The highest BCUT2D eigenvalue weighted by Crippen LogP contribution is 2.21. The van der Waals surface area contributed by atoms with Crippen LogP contribution in [0.25, 0.3) is 0 Å². The van der Waals surface area contributed by atoms with Gasteiger partial charge in [-0.1, -0.05) is 6.92 Å². The lowest BCUT2D eigenvalue weighted by Gasteiger charge is -2.31. The van der Waals surface area contributed by atoms with Crippen LogP contribution in [0.1, 0.15) is 30.3 Å². The highest BCUT2D eigenvalue weighted by molar-refractivity contribution is 5.92. The lowest BCUT2D eigenvalue weighted by molar-refractivity contribution is 0.0946. The van der Waals surface area contributed by atoms with Crippen molar-refractivity contribution in [3.63, 3.8) is 0 Å². The van der Waals surface area contributed by atoms with E-state index in [-0.39, 0.29) is 5.91 Å². The Hall–Kier alpha value is -1.69. The molecule has 0 bridgehead atoms. The monoisotopic (exact) mass is 291 g/mol.